The molecule has 0 fully saturated rings. The van der Waals surface area contributed by atoms with E-state index < -0.39 is 10.2 Å². The third-order valence-electron chi connectivity index (χ3n) is 1.98. The molecule has 0 bridgehead atoms. The predicted molar refractivity (Wildman–Crippen MR) is 56.1 cm³/mol. The van der Waals surface area contributed by atoms with Gasteiger partial charge in [-0.1, -0.05) is 0 Å². The normalized spacial score (nSPS) is 12.7. The summed E-state index contributed by atoms with van der Waals surface area (Å²) < 4.78 is 26.7. The first-order valence-electron chi connectivity index (χ1n) is 4.75. The molecule has 0 aliphatic carbocycles. The van der Waals surface area contributed by atoms with Gasteiger partial charge in [-0.3, -0.25) is 0 Å². The number of rotatable bonds is 7. The summed E-state index contributed by atoms with van der Waals surface area (Å²) >= 11 is 0. The second-order valence-corrected chi connectivity index (χ2v) is 5.25. The number of aliphatic hydroxyl groups is 1. The zero-order valence-electron chi connectivity index (χ0n) is 9.02. The van der Waals surface area contributed by atoms with Gasteiger partial charge in [0.05, 0.1) is 0 Å². The molecule has 0 saturated heterocycles. The summed E-state index contributed by atoms with van der Waals surface area (Å²) in [4.78, 5) is 0. The molecule has 5 nitrogen and oxygen atoms in total. The van der Waals surface area contributed by atoms with Crippen LogP contribution in [0.1, 0.15) is 26.7 Å². The van der Waals surface area contributed by atoms with Crippen molar-refractivity contribution < 1.29 is 13.5 Å². The number of nitrogens with one attached hydrogen (secondary N) is 1. The third kappa shape index (κ3) is 4.90. The SMILES string of the molecule is CC(C)N(C)S(=O)(=O)NCCCCO. The molecule has 86 valence electrons. The maximum absolute atomic E-state index is 11.5. The predicted octanol–water partition coefficient (Wildman–Crippen LogP) is -0.0665. The minimum Gasteiger partial charge on any atom is -0.396 e. The van der Waals surface area contributed by atoms with Gasteiger partial charge < -0.3 is 5.11 Å². The minimum absolute atomic E-state index is 0.0506. The largest absolute Gasteiger partial charge is 0.396 e. The highest BCUT2D eigenvalue weighted by Crippen LogP contribution is 2.00. The Balaban J connectivity index is 3.96. The second kappa shape index (κ2) is 6.34. The zero-order valence-corrected chi connectivity index (χ0v) is 9.84. The first-order valence-corrected chi connectivity index (χ1v) is 6.19. The molecule has 0 aromatic carbocycles. The molecule has 2 N–H and O–H groups in total. The van der Waals surface area contributed by atoms with Crippen LogP contribution in [0, 0.1) is 0 Å². The standard InChI is InChI=1S/C8H20N2O3S/c1-8(2)10(3)14(12,13)9-6-4-5-7-11/h8-9,11H,4-7H2,1-3H3. The average Bonchev–Trinajstić information content (AvgIpc) is 2.11. The lowest BCUT2D eigenvalue weighted by atomic mass is 10.3. The van der Waals surface area contributed by atoms with Gasteiger partial charge in [-0.15, -0.1) is 0 Å². The van der Waals surface area contributed by atoms with E-state index in [-0.39, 0.29) is 12.6 Å². The first kappa shape index (κ1) is 13.8. The monoisotopic (exact) mass is 224 g/mol. The van der Waals surface area contributed by atoms with E-state index in [0.29, 0.717) is 19.4 Å². The Morgan fingerprint density at radius 3 is 2.36 bits per heavy atom. The van der Waals surface area contributed by atoms with Gasteiger partial charge >= 0.3 is 0 Å². The van der Waals surface area contributed by atoms with Gasteiger partial charge in [-0.05, 0) is 26.7 Å². The molecule has 0 aliphatic rings. The molecule has 0 saturated carbocycles. The molecule has 0 spiro atoms. The molecule has 0 radical (unpaired) electrons. The number of nitrogens with zero attached hydrogens (tertiary/aromatic N) is 1. The van der Waals surface area contributed by atoms with E-state index >= 15 is 0 Å². The van der Waals surface area contributed by atoms with Crippen LogP contribution in [0.5, 0.6) is 0 Å². The van der Waals surface area contributed by atoms with E-state index in [4.69, 9.17) is 5.11 Å². The van der Waals surface area contributed by atoms with Crippen molar-refractivity contribution >= 4 is 10.2 Å². The van der Waals surface area contributed by atoms with Gasteiger partial charge in [0.25, 0.3) is 10.2 Å². The van der Waals surface area contributed by atoms with E-state index in [9.17, 15) is 8.42 Å². The first-order chi connectivity index (χ1) is 6.41. The summed E-state index contributed by atoms with van der Waals surface area (Å²) in [5.41, 5.74) is 0. The molecule has 0 aromatic heterocycles. The number of hydrogen-bond donors (Lipinski definition) is 2. The molecule has 0 aliphatic heterocycles. The fourth-order valence-corrected chi connectivity index (χ4v) is 1.98. The highest BCUT2D eigenvalue weighted by atomic mass is 32.2. The van der Waals surface area contributed by atoms with Crippen LogP contribution >= 0.6 is 0 Å². The molecule has 0 unspecified atom stereocenters. The average molecular weight is 224 g/mol. The van der Waals surface area contributed by atoms with Crippen molar-refractivity contribution in [2.45, 2.75) is 32.7 Å². The van der Waals surface area contributed by atoms with Crippen LogP contribution in [-0.2, 0) is 10.2 Å². The Bertz CT molecular complexity index is 239. The van der Waals surface area contributed by atoms with Crippen molar-refractivity contribution in [1.29, 1.82) is 0 Å². The van der Waals surface area contributed by atoms with Crippen molar-refractivity contribution in [3.63, 3.8) is 0 Å². The van der Waals surface area contributed by atoms with E-state index in [2.05, 4.69) is 4.72 Å². The lowest BCUT2D eigenvalue weighted by Gasteiger charge is -2.21. The summed E-state index contributed by atoms with van der Waals surface area (Å²) in [6, 6.07) is -0.0506. The van der Waals surface area contributed by atoms with Gasteiger partial charge in [-0.2, -0.15) is 12.7 Å². The van der Waals surface area contributed by atoms with Crippen LogP contribution in [0.15, 0.2) is 0 Å². The van der Waals surface area contributed by atoms with Gasteiger partial charge in [0.1, 0.15) is 0 Å². The molecule has 0 amide bonds. The number of aliphatic hydroxyl groups excluding tert-OH is 1. The van der Waals surface area contributed by atoms with Crippen molar-refractivity contribution in [3.05, 3.63) is 0 Å². The van der Waals surface area contributed by atoms with Gasteiger partial charge in [0.2, 0.25) is 0 Å². The van der Waals surface area contributed by atoms with Gasteiger partial charge in [0, 0.05) is 26.2 Å². The molecule has 0 aromatic rings. The summed E-state index contributed by atoms with van der Waals surface area (Å²) in [6.07, 6.45) is 1.27. The van der Waals surface area contributed by atoms with E-state index in [1.807, 2.05) is 13.8 Å². The topological polar surface area (TPSA) is 69.6 Å². The summed E-state index contributed by atoms with van der Waals surface area (Å²) in [7, 11) is -1.80. The fraction of sp³-hybridized carbons (Fsp3) is 1.00. The van der Waals surface area contributed by atoms with Crippen LogP contribution < -0.4 is 4.72 Å². The van der Waals surface area contributed by atoms with Crippen LogP contribution in [0.25, 0.3) is 0 Å². The van der Waals surface area contributed by atoms with Crippen LogP contribution in [-0.4, -0.2) is 44.1 Å². The summed E-state index contributed by atoms with van der Waals surface area (Å²) in [5, 5.41) is 8.51. The van der Waals surface area contributed by atoms with Crippen molar-refractivity contribution in [3.8, 4) is 0 Å². The maximum Gasteiger partial charge on any atom is 0.279 e. The van der Waals surface area contributed by atoms with E-state index in [0.717, 1.165) is 0 Å². The highest BCUT2D eigenvalue weighted by molar-refractivity contribution is 7.87. The molecular weight excluding hydrogens is 204 g/mol. The van der Waals surface area contributed by atoms with Crippen molar-refractivity contribution in [2.75, 3.05) is 20.2 Å². The molecule has 14 heavy (non-hydrogen) atoms. The number of hydrogen-bond acceptors (Lipinski definition) is 3. The van der Waals surface area contributed by atoms with E-state index in [1.54, 1.807) is 7.05 Å². The Labute approximate surface area is 86.3 Å². The molecular formula is C8H20N2O3S. The lowest BCUT2D eigenvalue weighted by Crippen LogP contribution is -2.42. The summed E-state index contributed by atoms with van der Waals surface area (Å²) in [6.45, 7) is 4.10. The number of unbranched alkanes of at least 4 members (excludes halogenated alkanes) is 1. The van der Waals surface area contributed by atoms with Crippen LogP contribution in [0.3, 0.4) is 0 Å². The Hall–Kier alpha value is -0.170. The van der Waals surface area contributed by atoms with Crippen LogP contribution in [0.4, 0.5) is 0 Å². The molecule has 0 rings (SSSR count). The highest BCUT2D eigenvalue weighted by Gasteiger charge is 2.18. The summed E-state index contributed by atoms with van der Waals surface area (Å²) in [5.74, 6) is 0. The Morgan fingerprint density at radius 1 is 1.36 bits per heavy atom. The molecule has 0 atom stereocenters. The van der Waals surface area contributed by atoms with Gasteiger partial charge in [0.15, 0.2) is 0 Å². The smallest absolute Gasteiger partial charge is 0.279 e. The third-order valence-corrected chi connectivity index (χ3v) is 3.72. The van der Waals surface area contributed by atoms with E-state index in [1.165, 1.54) is 4.31 Å². The zero-order chi connectivity index (χ0) is 11.2. The molecule has 6 heteroatoms. The molecule has 0 heterocycles. The quantitative estimate of drug-likeness (QED) is 0.595. The van der Waals surface area contributed by atoms with Gasteiger partial charge in [-0.25, -0.2) is 4.72 Å². The Kier molecular flexibility index (Phi) is 6.26. The fourth-order valence-electron chi connectivity index (χ4n) is 0.817. The van der Waals surface area contributed by atoms with Crippen molar-refractivity contribution in [2.24, 2.45) is 0 Å². The minimum atomic E-state index is -3.34. The maximum atomic E-state index is 11.5. The van der Waals surface area contributed by atoms with Crippen LogP contribution in [0.2, 0.25) is 0 Å². The lowest BCUT2D eigenvalue weighted by molar-refractivity contribution is 0.284. The Morgan fingerprint density at radius 2 is 1.93 bits per heavy atom. The second-order valence-electron chi connectivity index (χ2n) is 3.44. The van der Waals surface area contributed by atoms with Crippen molar-refractivity contribution in [1.82, 2.24) is 9.03 Å².